The molecule has 0 aliphatic carbocycles. The second-order valence-electron chi connectivity index (χ2n) is 6.83. The lowest BCUT2D eigenvalue weighted by molar-refractivity contribution is -0.148. The quantitative estimate of drug-likeness (QED) is 0.721. The van der Waals surface area contributed by atoms with Gasteiger partial charge in [0.2, 0.25) is 12.0 Å². The minimum Gasteiger partial charge on any atom is -0.475 e. The van der Waals surface area contributed by atoms with Gasteiger partial charge in [-0.25, -0.2) is 4.79 Å². The van der Waals surface area contributed by atoms with Crippen LogP contribution >= 0.6 is 11.6 Å². The van der Waals surface area contributed by atoms with Crippen LogP contribution in [0.1, 0.15) is 23.2 Å². The molecule has 0 N–H and O–H groups in total. The maximum atomic E-state index is 13.4. The van der Waals surface area contributed by atoms with E-state index < -0.39 is 12.1 Å². The van der Waals surface area contributed by atoms with Crippen LogP contribution in [0.5, 0.6) is 5.75 Å². The Hall–Kier alpha value is -3.06. The highest BCUT2D eigenvalue weighted by atomic mass is 35.5. The van der Waals surface area contributed by atoms with Gasteiger partial charge in [-0.1, -0.05) is 23.7 Å². The van der Waals surface area contributed by atoms with Crippen LogP contribution in [0.15, 0.2) is 42.5 Å². The number of hydrogen-bond acceptors (Lipinski definition) is 5. The Kier molecular flexibility index (Phi) is 5.15. The SMILES string of the molecule is COC(=O)[C@H]1CN(C(=O)c2ccc(Cl)c(N3CCCC3=O)c2)c2ccccc2O1. The zero-order chi connectivity index (χ0) is 20.5. The van der Waals surface area contributed by atoms with Crippen LogP contribution in [0.2, 0.25) is 5.02 Å². The number of anilines is 2. The summed E-state index contributed by atoms with van der Waals surface area (Å²) >= 11 is 6.30. The number of fused-ring (bicyclic) bond motifs is 1. The molecule has 0 bridgehead atoms. The van der Waals surface area contributed by atoms with Crippen molar-refractivity contribution in [1.82, 2.24) is 0 Å². The van der Waals surface area contributed by atoms with Crippen LogP contribution in [-0.4, -0.2) is 44.1 Å². The lowest BCUT2D eigenvalue weighted by Gasteiger charge is -2.33. The zero-order valence-corrected chi connectivity index (χ0v) is 16.5. The number of para-hydroxylation sites is 2. The highest BCUT2D eigenvalue weighted by molar-refractivity contribution is 6.34. The van der Waals surface area contributed by atoms with E-state index in [1.54, 1.807) is 47.4 Å². The number of carbonyl (C=O) groups is 3. The van der Waals surface area contributed by atoms with Gasteiger partial charge in [0.1, 0.15) is 5.75 Å². The van der Waals surface area contributed by atoms with Crippen LogP contribution in [0, 0.1) is 0 Å². The van der Waals surface area contributed by atoms with Crippen molar-refractivity contribution in [3.05, 3.63) is 53.1 Å². The summed E-state index contributed by atoms with van der Waals surface area (Å²) in [6, 6.07) is 11.8. The number of rotatable bonds is 3. The Morgan fingerprint density at radius 2 is 1.97 bits per heavy atom. The number of esters is 1. The van der Waals surface area contributed by atoms with E-state index in [1.165, 1.54) is 12.0 Å². The highest BCUT2D eigenvalue weighted by Crippen LogP contribution is 2.36. The standard InChI is InChI=1S/C21H19ClN2O5/c1-28-21(27)18-12-24(15-5-2-3-6-17(15)29-18)20(26)13-8-9-14(22)16(11-13)23-10-4-7-19(23)25/h2-3,5-6,8-9,11,18H,4,7,10,12H2,1H3/t18-/m1/s1. The summed E-state index contributed by atoms with van der Waals surface area (Å²) in [5.41, 5.74) is 1.45. The molecule has 1 fully saturated rings. The van der Waals surface area contributed by atoms with E-state index in [0.717, 1.165) is 6.42 Å². The molecule has 2 amide bonds. The number of carbonyl (C=O) groups excluding carboxylic acids is 3. The summed E-state index contributed by atoms with van der Waals surface area (Å²) in [6.45, 7) is 0.587. The van der Waals surface area contributed by atoms with E-state index in [1.807, 2.05) is 0 Å². The lowest BCUT2D eigenvalue weighted by atomic mass is 10.1. The second-order valence-corrected chi connectivity index (χ2v) is 7.24. The molecule has 1 saturated heterocycles. The van der Waals surface area contributed by atoms with Crippen LogP contribution in [0.25, 0.3) is 0 Å². The molecule has 0 spiro atoms. The molecule has 0 unspecified atom stereocenters. The molecule has 8 heteroatoms. The first-order valence-corrected chi connectivity index (χ1v) is 9.62. The van der Waals surface area contributed by atoms with Crippen molar-refractivity contribution in [2.24, 2.45) is 0 Å². The van der Waals surface area contributed by atoms with Crippen molar-refractivity contribution in [2.75, 3.05) is 30.0 Å². The smallest absolute Gasteiger partial charge is 0.348 e. The molecule has 2 heterocycles. The maximum absolute atomic E-state index is 13.4. The molecule has 29 heavy (non-hydrogen) atoms. The third-order valence-electron chi connectivity index (χ3n) is 5.04. The fourth-order valence-corrected chi connectivity index (χ4v) is 3.81. The molecule has 0 saturated carbocycles. The number of halogens is 1. The number of hydrogen-bond donors (Lipinski definition) is 0. The number of methoxy groups -OCH3 is 1. The van der Waals surface area contributed by atoms with Crippen LogP contribution in [-0.2, 0) is 14.3 Å². The van der Waals surface area contributed by atoms with Gasteiger partial charge in [-0.3, -0.25) is 9.59 Å². The van der Waals surface area contributed by atoms with Crippen molar-refractivity contribution in [3.8, 4) is 5.75 Å². The van der Waals surface area contributed by atoms with E-state index >= 15 is 0 Å². The first kappa shape index (κ1) is 19.3. The van der Waals surface area contributed by atoms with Gasteiger partial charge in [0.15, 0.2) is 0 Å². The first-order valence-electron chi connectivity index (χ1n) is 9.25. The van der Waals surface area contributed by atoms with Gasteiger partial charge in [0, 0.05) is 18.5 Å². The lowest BCUT2D eigenvalue weighted by Crippen LogP contribution is -2.47. The summed E-state index contributed by atoms with van der Waals surface area (Å²) in [4.78, 5) is 40.6. The van der Waals surface area contributed by atoms with Crippen molar-refractivity contribution < 1.29 is 23.9 Å². The van der Waals surface area contributed by atoms with Crippen molar-refractivity contribution in [1.29, 1.82) is 0 Å². The molecule has 0 aromatic heterocycles. The average Bonchev–Trinajstić information content (AvgIpc) is 3.17. The summed E-state index contributed by atoms with van der Waals surface area (Å²) in [7, 11) is 1.27. The van der Waals surface area contributed by atoms with E-state index in [4.69, 9.17) is 21.1 Å². The topological polar surface area (TPSA) is 76.2 Å². The minimum atomic E-state index is -0.925. The second kappa shape index (κ2) is 7.75. The Balaban J connectivity index is 1.70. The first-order chi connectivity index (χ1) is 14.0. The fraction of sp³-hybridized carbons (Fsp3) is 0.286. The van der Waals surface area contributed by atoms with Gasteiger partial charge < -0.3 is 19.3 Å². The van der Waals surface area contributed by atoms with E-state index in [-0.39, 0.29) is 18.4 Å². The van der Waals surface area contributed by atoms with Gasteiger partial charge in [-0.2, -0.15) is 0 Å². The van der Waals surface area contributed by atoms with Crippen molar-refractivity contribution in [3.63, 3.8) is 0 Å². The summed E-state index contributed by atoms with van der Waals surface area (Å²) in [5.74, 6) is -0.471. The molecular weight excluding hydrogens is 396 g/mol. The normalized spacial score (nSPS) is 18.3. The third kappa shape index (κ3) is 3.53. The molecular formula is C21H19ClN2O5. The van der Waals surface area contributed by atoms with Crippen LogP contribution in [0.4, 0.5) is 11.4 Å². The van der Waals surface area contributed by atoms with Crippen LogP contribution < -0.4 is 14.5 Å². The molecule has 1 atom stereocenters. The highest BCUT2D eigenvalue weighted by Gasteiger charge is 2.35. The number of amides is 2. The minimum absolute atomic E-state index is 0.0148. The monoisotopic (exact) mass is 414 g/mol. The molecule has 2 aromatic carbocycles. The molecule has 2 aliphatic heterocycles. The predicted molar refractivity (Wildman–Crippen MR) is 108 cm³/mol. The Bertz CT molecular complexity index is 993. The molecule has 2 aliphatic rings. The third-order valence-corrected chi connectivity index (χ3v) is 5.36. The zero-order valence-electron chi connectivity index (χ0n) is 15.8. The Morgan fingerprint density at radius 1 is 1.17 bits per heavy atom. The van der Waals surface area contributed by atoms with Crippen LogP contribution in [0.3, 0.4) is 0 Å². The number of ether oxygens (including phenoxy) is 2. The molecule has 2 aromatic rings. The number of benzene rings is 2. The van der Waals surface area contributed by atoms with Gasteiger partial charge in [0.25, 0.3) is 5.91 Å². The van der Waals surface area contributed by atoms with Gasteiger partial charge in [-0.15, -0.1) is 0 Å². The maximum Gasteiger partial charge on any atom is 0.348 e. The number of nitrogens with zero attached hydrogens (tertiary/aromatic N) is 2. The van der Waals surface area contributed by atoms with Crippen molar-refractivity contribution >= 4 is 40.8 Å². The molecule has 7 nitrogen and oxygen atoms in total. The largest absolute Gasteiger partial charge is 0.475 e. The van der Waals surface area contributed by atoms with E-state index in [0.29, 0.717) is 40.7 Å². The van der Waals surface area contributed by atoms with E-state index in [9.17, 15) is 14.4 Å². The van der Waals surface area contributed by atoms with Gasteiger partial charge >= 0.3 is 5.97 Å². The summed E-state index contributed by atoms with van der Waals surface area (Å²) < 4.78 is 10.5. The fourth-order valence-electron chi connectivity index (χ4n) is 3.59. The van der Waals surface area contributed by atoms with Gasteiger partial charge in [0.05, 0.1) is 30.1 Å². The van der Waals surface area contributed by atoms with Crippen molar-refractivity contribution in [2.45, 2.75) is 18.9 Å². The predicted octanol–water partition coefficient (Wildman–Crippen LogP) is 3.05. The molecule has 150 valence electrons. The van der Waals surface area contributed by atoms with Gasteiger partial charge in [-0.05, 0) is 36.8 Å². The summed E-state index contributed by atoms with van der Waals surface area (Å²) in [5, 5.41) is 0.409. The summed E-state index contributed by atoms with van der Waals surface area (Å²) in [6.07, 6.45) is 0.294. The molecule has 4 rings (SSSR count). The Labute approximate surface area is 172 Å². The van der Waals surface area contributed by atoms with E-state index in [2.05, 4.69) is 0 Å². The Morgan fingerprint density at radius 3 is 2.69 bits per heavy atom. The molecule has 0 radical (unpaired) electrons. The average molecular weight is 415 g/mol.